The molecule has 1 atom stereocenters. The number of carbonyl (C=O) groups excluding carboxylic acids is 2. The number of amides is 2. The number of hydrogen-bond acceptors (Lipinski definition) is 5. The molecule has 0 aromatic heterocycles. The zero-order valence-electron chi connectivity index (χ0n) is 24.1. The first-order chi connectivity index (χ1) is 19.4. The highest BCUT2D eigenvalue weighted by atomic mass is 35.5. The molecule has 8 nitrogen and oxygen atoms in total. The predicted molar refractivity (Wildman–Crippen MR) is 163 cm³/mol. The van der Waals surface area contributed by atoms with Gasteiger partial charge in [-0.1, -0.05) is 48.9 Å². The minimum absolute atomic E-state index is 0.00518. The van der Waals surface area contributed by atoms with Crippen LogP contribution in [0.2, 0.25) is 5.02 Å². The Hall–Kier alpha value is -3.56. The van der Waals surface area contributed by atoms with Crippen LogP contribution in [0.1, 0.15) is 39.7 Å². The second-order valence-electron chi connectivity index (χ2n) is 10.6. The minimum atomic E-state index is -4.18. The maximum absolute atomic E-state index is 14.1. The van der Waals surface area contributed by atoms with Crippen LogP contribution in [-0.4, -0.2) is 56.9 Å². The van der Waals surface area contributed by atoms with Gasteiger partial charge >= 0.3 is 0 Å². The van der Waals surface area contributed by atoms with E-state index in [9.17, 15) is 18.0 Å². The summed E-state index contributed by atoms with van der Waals surface area (Å²) in [5, 5.41) is 3.40. The molecule has 1 unspecified atom stereocenters. The van der Waals surface area contributed by atoms with E-state index in [1.54, 1.807) is 36.4 Å². The van der Waals surface area contributed by atoms with E-state index in [2.05, 4.69) is 5.32 Å². The van der Waals surface area contributed by atoms with Crippen molar-refractivity contribution in [3.63, 3.8) is 0 Å². The lowest BCUT2D eigenvalue weighted by molar-refractivity contribution is -0.140. The molecule has 0 saturated carbocycles. The number of rotatable bonds is 12. The summed E-state index contributed by atoms with van der Waals surface area (Å²) in [4.78, 5) is 28.9. The van der Waals surface area contributed by atoms with E-state index in [1.165, 1.54) is 24.1 Å². The van der Waals surface area contributed by atoms with Crippen molar-refractivity contribution in [2.24, 2.45) is 0 Å². The molecule has 0 fully saturated rings. The second kappa shape index (κ2) is 13.9. The standard InChI is InChI=1S/C31H38ClN3O5S/c1-6-28(30(37)33-31(2,3)4)34(21-20-23-10-8-7-9-11-23)29(36)22-35(25-14-12-24(32)13-15-25)41(38,39)27-18-16-26(40-5)17-19-27/h7-19,28H,6,20-22H2,1-5H3,(H,33,37). The maximum atomic E-state index is 14.1. The first kappa shape index (κ1) is 32.0. The number of methoxy groups -OCH3 is 1. The van der Waals surface area contributed by atoms with Crippen LogP contribution < -0.4 is 14.4 Å². The van der Waals surface area contributed by atoms with Gasteiger partial charge < -0.3 is 15.0 Å². The summed E-state index contributed by atoms with van der Waals surface area (Å²) in [7, 11) is -2.69. The van der Waals surface area contributed by atoms with Crippen molar-refractivity contribution in [3.8, 4) is 5.75 Å². The van der Waals surface area contributed by atoms with Crippen molar-refractivity contribution in [1.82, 2.24) is 10.2 Å². The molecular weight excluding hydrogens is 562 g/mol. The summed E-state index contributed by atoms with van der Waals surface area (Å²) in [5.41, 5.74) is 0.761. The molecule has 3 aromatic rings. The van der Waals surface area contributed by atoms with Gasteiger partial charge in [0.25, 0.3) is 10.0 Å². The smallest absolute Gasteiger partial charge is 0.264 e. The van der Waals surface area contributed by atoms with Gasteiger partial charge in [-0.3, -0.25) is 13.9 Å². The molecule has 0 aliphatic rings. The third-order valence-corrected chi connectivity index (χ3v) is 8.45. The predicted octanol–water partition coefficient (Wildman–Crippen LogP) is 5.31. The fraction of sp³-hybridized carbons (Fsp3) is 0.355. The summed E-state index contributed by atoms with van der Waals surface area (Å²) in [6.45, 7) is 7.17. The fourth-order valence-electron chi connectivity index (χ4n) is 4.36. The number of benzene rings is 3. The summed E-state index contributed by atoms with van der Waals surface area (Å²) >= 11 is 6.08. The average molecular weight is 600 g/mol. The summed E-state index contributed by atoms with van der Waals surface area (Å²) in [5.74, 6) is -0.290. The molecule has 41 heavy (non-hydrogen) atoms. The number of sulfonamides is 1. The van der Waals surface area contributed by atoms with Crippen molar-refractivity contribution in [3.05, 3.63) is 89.4 Å². The van der Waals surface area contributed by atoms with E-state index in [-0.39, 0.29) is 23.0 Å². The maximum Gasteiger partial charge on any atom is 0.264 e. The molecule has 220 valence electrons. The average Bonchev–Trinajstić information content (AvgIpc) is 2.94. The summed E-state index contributed by atoms with van der Waals surface area (Å²) < 4.78 is 34.1. The lowest BCUT2D eigenvalue weighted by Crippen LogP contribution is -2.56. The Morgan fingerprint density at radius 3 is 2.10 bits per heavy atom. The van der Waals surface area contributed by atoms with Gasteiger partial charge in [-0.25, -0.2) is 8.42 Å². The van der Waals surface area contributed by atoms with Crippen molar-refractivity contribution in [2.75, 3.05) is 24.5 Å². The summed E-state index contributed by atoms with van der Waals surface area (Å²) in [6.07, 6.45) is 0.854. The van der Waals surface area contributed by atoms with Gasteiger partial charge in [0.2, 0.25) is 11.8 Å². The zero-order chi connectivity index (χ0) is 30.2. The molecule has 0 heterocycles. The summed E-state index contributed by atoms with van der Waals surface area (Å²) in [6, 6.07) is 21.0. The van der Waals surface area contributed by atoms with E-state index < -0.39 is 34.1 Å². The van der Waals surface area contributed by atoms with Gasteiger partial charge in [-0.2, -0.15) is 0 Å². The van der Waals surface area contributed by atoms with Crippen molar-refractivity contribution < 1.29 is 22.7 Å². The van der Waals surface area contributed by atoms with Crippen LogP contribution in [0.15, 0.2) is 83.8 Å². The van der Waals surface area contributed by atoms with Crippen molar-refractivity contribution in [2.45, 2.75) is 57.0 Å². The number of carbonyl (C=O) groups is 2. The Kier molecular flexibility index (Phi) is 10.8. The zero-order valence-corrected chi connectivity index (χ0v) is 25.7. The lowest BCUT2D eigenvalue weighted by atomic mass is 10.1. The molecule has 3 rings (SSSR count). The molecule has 0 aliphatic heterocycles. The van der Waals surface area contributed by atoms with Crippen LogP contribution in [0.3, 0.4) is 0 Å². The molecule has 0 saturated heterocycles. The number of ether oxygens (including phenoxy) is 1. The van der Waals surface area contributed by atoms with Crippen LogP contribution in [0, 0.1) is 0 Å². The van der Waals surface area contributed by atoms with E-state index in [1.807, 2.05) is 58.0 Å². The topological polar surface area (TPSA) is 96.0 Å². The lowest BCUT2D eigenvalue weighted by Gasteiger charge is -2.34. The largest absolute Gasteiger partial charge is 0.497 e. The number of nitrogens with zero attached hydrogens (tertiary/aromatic N) is 2. The van der Waals surface area contributed by atoms with E-state index in [0.717, 1.165) is 9.87 Å². The van der Waals surface area contributed by atoms with Gasteiger partial charge in [0, 0.05) is 17.1 Å². The van der Waals surface area contributed by atoms with E-state index in [4.69, 9.17) is 16.3 Å². The quantitative estimate of drug-likeness (QED) is 0.304. The first-order valence-electron chi connectivity index (χ1n) is 13.4. The molecular formula is C31H38ClN3O5S. The molecule has 0 spiro atoms. The van der Waals surface area contributed by atoms with Gasteiger partial charge in [0.05, 0.1) is 17.7 Å². The second-order valence-corrected chi connectivity index (χ2v) is 12.9. The number of nitrogens with one attached hydrogen (secondary N) is 1. The minimum Gasteiger partial charge on any atom is -0.497 e. The highest BCUT2D eigenvalue weighted by molar-refractivity contribution is 7.92. The molecule has 2 amide bonds. The number of hydrogen-bond donors (Lipinski definition) is 1. The number of halogens is 1. The Labute approximate surface area is 248 Å². The van der Waals surface area contributed by atoms with Crippen LogP contribution >= 0.6 is 11.6 Å². The SMILES string of the molecule is CCC(C(=O)NC(C)(C)C)N(CCc1ccccc1)C(=O)CN(c1ccc(Cl)cc1)S(=O)(=O)c1ccc(OC)cc1. The Bertz CT molecular complexity index is 1410. The van der Waals surface area contributed by atoms with Gasteiger partial charge in [0.1, 0.15) is 18.3 Å². The van der Waals surface area contributed by atoms with Crippen LogP contribution in [0.5, 0.6) is 5.75 Å². The molecule has 0 radical (unpaired) electrons. The molecule has 10 heteroatoms. The first-order valence-corrected chi connectivity index (χ1v) is 15.3. The molecule has 0 aliphatic carbocycles. The normalized spacial score (nSPS) is 12.3. The Balaban J connectivity index is 2.01. The molecule has 3 aromatic carbocycles. The van der Waals surface area contributed by atoms with Gasteiger partial charge in [-0.05, 0) is 87.7 Å². The van der Waals surface area contributed by atoms with Crippen LogP contribution in [-0.2, 0) is 26.0 Å². The van der Waals surface area contributed by atoms with Gasteiger partial charge in [0.15, 0.2) is 0 Å². The third kappa shape index (κ3) is 8.71. The van der Waals surface area contributed by atoms with Crippen molar-refractivity contribution >= 4 is 39.1 Å². The fourth-order valence-corrected chi connectivity index (χ4v) is 5.90. The Morgan fingerprint density at radius 2 is 1.56 bits per heavy atom. The molecule has 1 N–H and O–H groups in total. The monoisotopic (exact) mass is 599 g/mol. The van der Waals surface area contributed by atoms with Crippen LogP contribution in [0.25, 0.3) is 0 Å². The highest BCUT2D eigenvalue weighted by Crippen LogP contribution is 2.27. The van der Waals surface area contributed by atoms with Crippen molar-refractivity contribution in [1.29, 1.82) is 0 Å². The Morgan fingerprint density at radius 1 is 0.951 bits per heavy atom. The van der Waals surface area contributed by atoms with E-state index in [0.29, 0.717) is 23.6 Å². The van der Waals surface area contributed by atoms with Crippen LogP contribution in [0.4, 0.5) is 5.69 Å². The molecule has 0 bridgehead atoms. The van der Waals surface area contributed by atoms with E-state index >= 15 is 0 Å². The number of anilines is 1. The van der Waals surface area contributed by atoms with Gasteiger partial charge in [-0.15, -0.1) is 0 Å². The third-order valence-electron chi connectivity index (χ3n) is 6.41. The highest BCUT2D eigenvalue weighted by Gasteiger charge is 2.34.